The van der Waals surface area contributed by atoms with Crippen molar-refractivity contribution in [3.05, 3.63) is 22.3 Å². The molecule has 0 aliphatic rings. The van der Waals surface area contributed by atoms with Gasteiger partial charge in [-0.1, -0.05) is 0 Å². The number of hydrogen-bond acceptors (Lipinski definition) is 4. The van der Waals surface area contributed by atoms with Crippen LogP contribution < -0.4 is 4.74 Å². The summed E-state index contributed by atoms with van der Waals surface area (Å²) >= 11 is 3.11. The molecular weight excluding hydrogens is 190 g/mol. The maximum Gasteiger partial charge on any atom is 0.148 e. The Morgan fingerprint density at radius 3 is 3.17 bits per heavy atom. The topological polar surface area (TPSA) is 22.1 Å². The smallest absolute Gasteiger partial charge is 0.148 e. The predicted molar refractivity (Wildman–Crippen MR) is 50.8 cm³/mol. The van der Waals surface area contributed by atoms with Gasteiger partial charge in [-0.05, 0) is 0 Å². The van der Waals surface area contributed by atoms with E-state index in [2.05, 4.69) is 10.4 Å². The van der Waals surface area contributed by atoms with E-state index in [-0.39, 0.29) is 0 Å². The molecule has 0 saturated carbocycles. The molecule has 0 aromatic carbocycles. The van der Waals surface area contributed by atoms with E-state index in [0.29, 0.717) is 0 Å². The fourth-order valence-corrected chi connectivity index (χ4v) is 2.33. The lowest BCUT2D eigenvalue weighted by atomic mass is 10.3. The van der Waals surface area contributed by atoms with Crippen molar-refractivity contribution in [2.75, 3.05) is 7.11 Å². The molecule has 2 aromatic rings. The number of nitrogens with zero attached hydrogens (tertiary/aromatic N) is 1. The number of methoxy groups -OCH3 is 1. The van der Waals surface area contributed by atoms with E-state index in [1.807, 2.05) is 10.8 Å². The van der Waals surface area contributed by atoms with Crippen LogP contribution in [-0.2, 0) is 0 Å². The lowest BCUT2D eigenvalue weighted by molar-refractivity contribution is 0.417. The van der Waals surface area contributed by atoms with Crippen LogP contribution in [0.25, 0.3) is 10.6 Å². The molecule has 2 nitrogen and oxygen atoms in total. The Kier molecular flexibility index (Phi) is 2.10. The molecule has 2 rings (SSSR count). The van der Waals surface area contributed by atoms with E-state index < -0.39 is 0 Å². The van der Waals surface area contributed by atoms with Gasteiger partial charge < -0.3 is 4.74 Å². The molecule has 0 aliphatic heterocycles. The summed E-state index contributed by atoms with van der Waals surface area (Å²) in [5.74, 6) is 0.787. The summed E-state index contributed by atoms with van der Waals surface area (Å²) in [5, 5.41) is 7.97. The first-order valence-corrected chi connectivity index (χ1v) is 5.11. The van der Waals surface area contributed by atoms with Crippen molar-refractivity contribution in [1.82, 2.24) is 4.98 Å². The lowest BCUT2D eigenvalue weighted by Gasteiger charge is -1.96. The van der Waals surface area contributed by atoms with Crippen LogP contribution >= 0.6 is 22.7 Å². The van der Waals surface area contributed by atoms with E-state index in [1.165, 1.54) is 11.3 Å². The number of thiophene rings is 1. The average Bonchev–Trinajstić information content (AvgIpc) is 2.74. The quantitative estimate of drug-likeness (QED) is 0.736. The maximum atomic E-state index is 5.13. The van der Waals surface area contributed by atoms with Gasteiger partial charge in [-0.25, -0.2) is 4.98 Å². The summed E-state index contributed by atoms with van der Waals surface area (Å²) in [5.41, 5.74) is 1.04. The fourth-order valence-electron chi connectivity index (χ4n) is 0.906. The van der Waals surface area contributed by atoms with E-state index >= 15 is 0 Å². The minimum atomic E-state index is 0.787. The molecule has 1 radical (unpaired) electrons. The molecule has 0 N–H and O–H groups in total. The first kappa shape index (κ1) is 7.76. The molecule has 12 heavy (non-hydrogen) atoms. The van der Waals surface area contributed by atoms with Crippen molar-refractivity contribution < 1.29 is 4.74 Å². The van der Waals surface area contributed by atoms with Gasteiger partial charge in [0, 0.05) is 17.0 Å². The number of thiazole rings is 1. The Hall–Kier alpha value is -0.870. The highest BCUT2D eigenvalue weighted by Gasteiger charge is 2.08. The Bertz CT molecular complexity index is 353. The summed E-state index contributed by atoms with van der Waals surface area (Å²) in [6.45, 7) is 0. The van der Waals surface area contributed by atoms with Gasteiger partial charge in [-0.3, -0.25) is 0 Å². The normalized spacial score (nSPS) is 10.1. The van der Waals surface area contributed by atoms with Gasteiger partial charge in [0.15, 0.2) is 0 Å². The number of ether oxygens (including phenoxy) is 1. The largest absolute Gasteiger partial charge is 0.494 e. The highest BCUT2D eigenvalue weighted by Crippen LogP contribution is 2.33. The molecule has 0 spiro atoms. The highest BCUT2D eigenvalue weighted by atomic mass is 32.1. The zero-order valence-corrected chi connectivity index (χ0v) is 8.04. The van der Waals surface area contributed by atoms with Gasteiger partial charge in [0.1, 0.15) is 10.8 Å². The predicted octanol–water partition coefficient (Wildman–Crippen LogP) is 2.68. The monoisotopic (exact) mass is 196 g/mol. The Labute approximate surface area is 78.5 Å². The molecule has 0 bridgehead atoms. The number of rotatable bonds is 2. The summed E-state index contributed by atoms with van der Waals surface area (Å²) in [6, 6.07) is 0. The van der Waals surface area contributed by atoms with Crippen LogP contribution in [0.5, 0.6) is 5.75 Å². The molecule has 0 saturated heterocycles. The van der Waals surface area contributed by atoms with E-state index in [9.17, 15) is 0 Å². The molecule has 0 unspecified atom stereocenters. The summed E-state index contributed by atoms with van der Waals surface area (Å²) in [6.07, 6.45) is 1.79. The standard InChI is InChI=1S/C8H6NOS2/c1-10-7-5-11-4-6(7)8-9-2-3-12-8/h2-4H,1H3. The molecule has 4 heteroatoms. The van der Waals surface area contributed by atoms with Crippen LogP contribution in [0.15, 0.2) is 17.0 Å². The summed E-state index contributed by atoms with van der Waals surface area (Å²) in [4.78, 5) is 4.19. The zero-order valence-electron chi connectivity index (χ0n) is 6.40. The van der Waals surface area contributed by atoms with Crippen molar-refractivity contribution in [2.24, 2.45) is 0 Å². The van der Waals surface area contributed by atoms with Crippen LogP contribution in [0.3, 0.4) is 0 Å². The maximum absolute atomic E-state index is 5.13. The zero-order chi connectivity index (χ0) is 8.39. The van der Waals surface area contributed by atoms with Gasteiger partial charge in [0.25, 0.3) is 0 Å². The Morgan fingerprint density at radius 1 is 1.58 bits per heavy atom. The molecule has 2 heterocycles. The lowest BCUT2D eigenvalue weighted by Crippen LogP contribution is -1.81. The third kappa shape index (κ3) is 1.23. The number of aromatic nitrogens is 1. The van der Waals surface area contributed by atoms with Gasteiger partial charge in [0.2, 0.25) is 0 Å². The first-order valence-electron chi connectivity index (χ1n) is 3.35. The minimum Gasteiger partial charge on any atom is -0.494 e. The van der Waals surface area contributed by atoms with Gasteiger partial charge in [-0.15, -0.1) is 22.7 Å². The third-order valence-corrected chi connectivity index (χ3v) is 2.90. The third-order valence-electron chi connectivity index (χ3n) is 1.44. The highest BCUT2D eigenvalue weighted by molar-refractivity contribution is 7.14. The molecule has 61 valence electrons. The van der Waals surface area contributed by atoms with E-state index in [0.717, 1.165) is 16.3 Å². The minimum absolute atomic E-state index is 0.787. The SMILES string of the molecule is COc1[c]scc1-c1nccs1. The molecule has 2 aromatic heterocycles. The van der Waals surface area contributed by atoms with Crippen LogP contribution in [0.2, 0.25) is 0 Å². The summed E-state index contributed by atoms with van der Waals surface area (Å²) < 4.78 is 5.13. The van der Waals surface area contributed by atoms with Crippen molar-refractivity contribution in [3.63, 3.8) is 0 Å². The molecule has 0 amide bonds. The van der Waals surface area contributed by atoms with E-state index in [1.54, 1.807) is 24.6 Å². The average molecular weight is 196 g/mol. The second-order valence-corrected chi connectivity index (χ2v) is 3.69. The van der Waals surface area contributed by atoms with Crippen LogP contribution in [-0.4, -0.2) is 12.1 Å². The number of hydrogen-bond donors (Lipinski definition) is 0. The van der Waals surface area contributed by atoms with Crippen molar-refractivity contribution in [1.29, 1.82) is 0 Å². The second-order valence-electron chi connectivity index (χ2n) is 2.12. The fraction of sp³-hybridized carbons (Fsp3) is 0.125. The van der Waals surface area contributed by atoms with E-state index in [4.69, 9.17) is 4.74 Å². The Morgan fingerprint density at radius 2 is 2.50 bits per heavy atom. The Balaban J connectivity index is 2.46. The second kappa shape index (κ2) is 3.25. The molecule has 0 atom stereocenters. The molecular formula is C8H6NOS2. The molecule has 0 fully saturated rings. The van der Waals surface area contributed by atoms with Gasteiger partial charge in [0.05, 0.1) is 18.1 Å². The van der Waals surface area contributed by atoms with Crippen LogP contribution in [0, 0.1) is 5.38 Å². The van der Waals surface area contributed by atoms with Gasteiger partial charge >= 0.3 is 0 Å². The van der Waals surface area contributed by atoms with Crippen LogP contribution in [0.1, 0.15) is 0 Å². The van der Waals surface area contributed by atoms with Crippen molar-refractivity contribution in [3.8, 4) is 16.3 Å². The van der Waals surface area contributed by atoms with Gasteiger partial charge in [-0.2, -0.15) is 0 Å². The summed E-state index contributed by atoms with van der Waals surface area (Å²) in [7, 11) is 1.65. The van der Waals surface area contributed by atoms with Crippen molar-refractivity contribution in [2.45, 2.75) is 0 Å². The van der Waals surface area contributed by atoms with Crippen molar-refractivity contribution >= 4 is 22.7 Å². The first-order chi connectivity index (χ1) is 5.92. The molecule has 0 aliphatic carbocycles. The van der Waals surface area contributed by atoms with Crippen LogP contribution in [0.4, 0.5) is 0 Å².